The van der Waals surface area contributed by atoms with Gasteiger partial charge in [0, 0.05) is 24.3 Å². The molecule has 5 aromatic rings. The van der Waals surface area contributed by atoms with Crippen LogP contribution in [0.4, 0.5) is 51.1 Å². The third-order valence-corrected chi connectivity index (χ3v) is 9.80. The molecule has 0 atom stereocenters. The molecule has 18 heteroatoms. The van der Waals surface area contributed by atoms with E-state index < -0.39 is 69.5 Å². The number of halogens is 9. The largest absolute Gasteiger partial charge is 0.489 e. The summed E-state index contributed by atoms with van der Waals surface area (Å²) in [5.41, 5.74) is 2.43. The predicted octanol–water partition coefficient (Wildman–Crippen LogP) is 9.06. The number of hydrogen-bond acceptors (Lipinski definition) is 8. The van der Waals surface area contributed by atoms with Gasteiger partial charge in [-0.1, -0.05) is 30.3 Å². The second kappa shape index (κ2) is 16.1. The summed E-state index contributed by atoms with van der Waals surface area (Å²) >= 11 is 0. The van der Waals surface area contributed by atoms with Gasteiger partial charge in [0.2, 0.25) is 5.95 Å². The van der Waals surface area contributed by atoms with Crippen LogP contribution in [0.1, 0.15) is 38.9 Å². The Balaban J connectivity index is 1.48. The Bertz CT molecular complexity index is 2180. The number of sulfone groups is 1. The number of hydrogen-bond donors (Lipinski definition) is 1. The molecule has 0 aliphatic heterocycles. The second-order valence-corrected chi connectivity index (χ2v) is 14.4. The van der Waals surface area contributed by atoms with E-state index in [1.54, 1.807) is 37.3 Å². The summed E-state index contributed by atoms with van der Waals surface area (Å²) < 4.78 is 161. The lowest BCUT2D eigenvalue weighted by atomic mass is 10.0. The third kappa shape index (κ3) is 10.8. The zero-order valence-corrected chi connectivity index (χ0v) is 29.5. The van der Waals surface area contributed by atoms with Crippen molar-refractivity contribution in [2.75, 3.05) is 23.0 Å². The van der Waals surface area contributed by atoms with Crippen molar-refractivity contribution in [3.8, 4) is 11.5 Å². The Kier molecular flexibility index (Phi) is 11.9. The van der Waals surface area contributed by atoms with Crippen LogP contribution in [-0.4, -0.2) is 30.7 Å². The van der Waals surface area contributed by atoms with Crippen LogP contribution in [0, 0.1) is 6.92 Å². The summed E-state index contributed by atoms with van der Waals surface area (Å²) in [7, 11) is -3.81. The fraction of sp³-hybridized carbons (Fsp3) is 0.243. The Morgan fingerprint density at radius 3 is 1.89 bits per heavy atom. The lowest BCUT2D eigenvalue weighted by Gasteiger charge is -2.26. The average Bonchev–Trinajstić information content (AvgIpc) is 3.11. The maximum atomic E-state index is 13.9. The molecule has 292 valence electrons. The van der Waals surface area contributed by atoms with Gasteiger partial charge < -0.3 is 20.1 Å². The van der Waals surface area contributed by atoms with E-state index in [4.69, 9.17) is 15.2 Å². The molecule has 0 fully saturated rings. The smallest absolute Gasteiger partial charge is 0.416 e. The summed E-state index contributed by atoms with van der Waals surface area (Å²) in [5.74, 6) is -0.909. The van der Waals surface area contributed by atoms with Crippen molar-refractivity contribution in [2.24, 2.45) is 0 Å². The van der Waals surface area contributed by atoms with Gasteiger partial charge in [0.1, 0.15) is 19.0 Å². The van der Waals surface area contributed by atoms with Gasteiger partial charge in [-0.05, 0) is 78.2 Å². The van der Waals surface area contributed by atoms with Crippen molar-refractivity contribution < 1.29 is 57.4 Å². The highest BCUT2D eigenvalue weighted by Gasteiger charge is 2.37. The van der Waals surface area contributed by atoms with E-state index in [-0.39, 0.29) is 47.2 Å². The van der Waals surface area contributed by atoms with Crippen molar-refractivity contribution in [1.29, 1.82) is 0 Å². The molecule has 0 unspecified atom stereocenters. The minimum atomic E-state index is -5.17. The number of nitrogens with two attached hydrogens (primary N) is 1. The molecule has 2 N–H and O–H groups in total. The summed E-state index contributed by atoms with van der Waals surface area (Å²) in [6, 6.07) is 16.3. The van der Waals surface area contributed by atoms with Gasteiger partial charge in [-0.2, -0.15) is 39.5 Å². The molecule has 8 nitrogen and oxygen atoms in total. The van der Waals surface area contributed by atoms with Gasteiger partial charge in [0.15, 0.2) is 15.6 Å². The van der Waals surface area contributed by atoms with Crippen LogP contribution >= 0.6 is 0 Å². The first-order valence-corrected chi connectivity index (χ1v) is 17.8. The van der Waals surface area contributed by atoms with Crippen molar-refractivity contribution in [3.05, 3.63) is 136 Å². The maximum absolute atomic E-state index is 13.9. The van der Waals surface area contributed by atoms with Crippen LogP contribution < -0.4 is 20.1 Å². The highest BCUT2D eigenvalue weighted by molar-refractivity contribution is 7.91. The number of aryl methyl sites for hydroxylation is 1. The first kappa shape index (κ1) is 40.7. The second-order valence-electron chi connectivity index (χ2n) is 12.3. The topological polar surface area (TPSA) is 108 Å². The van der Waals surface area contributed by atoms with Gasteiger partial charge in [-0.25, -0.2) is 18.4 Å². The Morgan fingerprint density at radius 2 is 1.31 bits per heavy atom. The van der Waals surface area contributed by atoms with Crippen LogP contribution in [0.15, 0.2) is 102 Å². The van der Waals surface area contributed by atoms with Crippen LogP contribution in [0.5, 0.6) is 11.5 Å². The van der Waals surface area contributed by atoms with Crippen LogP contribution in [0.3, 0.4) is 0 Å². The van der Waals surface area contributed by atoms with Crippen LogP contribution in [0.2, 0.25) is 0 Å². The van der Waals surface area contributed by atoms with Crippen LogP contribution in [-0.2, 0) is 48.1 Å². The summed E-state index contributed by atoms with van der Waals surface area (Å²) in [4.78, 5) is 9.32. The molecule has 1 aromatic heterocycles. The van der Waals surface area contributed by atoms with E-state index in [9.17, 15) is 47.9 Å². The fourth-order valence-electron chi connectivity index (χ4n) is 5.27. The van der Waals surface area contributed by atoms with Crippen molar-refractivity contribution in [2.45, 2.75) is 50.0 Å². The molecule has 0 amide bonds. The highest BCUT2D eigenvalue weighted by Crippen LogP contribution is 2.38. The minimum Gasteiger partial charge on any atom is -0.489 e. The number of aromatic nitrogens is 2. The number of nitrogen functional groups attached to an aromatic ring is 1. The van der Waals surface area contributed by atoms with Gasteiger partial charge in [0.25, 0.3) is 0 Å². The van der Waals surface area contributed by atoms with E-state index in [1.165, 1.54) is 18.2 Å². The van der Waals surface area contributed by atoms with Gasteiger partial charge in [0.05, 0.1) is 39.7 Å². The van der Waals surface area contributed by atoms with Gasteiger partial charge >= 0.3 is 18.5 Å². The van der Waals surface area contributed by atoms with Gasteiger partial charge in [-0.15, -0.1) is 0 Å². The van der Waals surface area contributed by atoms with Crippen molar-refractivity contribution >= 4 is 21.5 Å². The quantitative estimate of drug-likeness (QED) is 0.0930. The summed E-state index contributed by atoms with van der Waals surface area (Å²) in [5, 5.41) is 0. The lowest BCUT2D eigenvalue weighted by molar-refractivity contribution is -0.143. The van der Waals surface area contributed by atoms with Gasteiger partial charge in [-0.3, -0.25) is 0 Å². The zero-order chi connectivity index (χ0) is 40.2. The molecule has 5 rings (SSSR count). The lowest BCUT2D eigenvalue weighted by Crippen LogP contribution is -2.26. The Morgan fingerprint density at radius 1 is 0.691 bits per heavy atom. The molecule has 0 saturated carbocycles. The Labute approximate surface area is 309 Å². The molecule has 0 bridgehead atoms. The van der Waals surface area contributed by atoms with E-state index in [0.29, 0.717) is 28.9 Å². The maximum Gasteiger partial charge on any atom is 0.416 e. The Hall–Kier alpha value is -5.52. The first-order chi connectivity index (χ1) is 25.7. The van der Waals surface area contributed by atoms with Crippen LogP contribution in [0.25, 0.3) is 0 Å². The first-order valence-electron chi connectivity index (χ1n) is 16.1. The fourth-order valence-corrected chi connectivity index (χ4v) is 6.44. The molecule has 1 heterocycles. The summed E-state index contributed by atoms with van der Waals surface area (Å²) in [6.07, 6.45) is -13.0. The molecular formula is C37H31F9N4O4S. The normalized spacial score (nSPS) is 12.4. The van der Waals surface area contributed by atoms with E-state index in [0.717, 1.165) is 35.5 Å². The standard InChI is InChI=1S/C37H31F9N4O4S/c1-23-13-31(8-9-32(23)47)55(51,52)12-11-53-30-18-48-34(49-19-30)50(20-25-14-28(36(41,42)43)17-29(15-25)37(44,45)46)21-26-16-27(35(38,39)40)7-10-33(26)54-22-24-5-3-2-4-6-24/h2-10,13-19H,11-12,20-22,47H2,1H3. The molecule has 0 aliphatic rings. The average molecular weight is 799 g/mol. The summed E-state index contributed by atoms with van der Waals surface area (Å²) in [6.45, 7) is -0.125. The molecule has 4 aromatic carbocycles. The molecular weight excluding hydrogens is 767 g/mol. The molecule has 0 aliphatic carbocycles. The number of anilines is 2. The van der Waals surface area contributed by atoms with Crippen molar-refractivity contribution in [3.63, 3.8) is 0 Å². The molecule has 55 heavy (non-hydrogen) atoms. The molecule has 0 radical (unpaired) electrons. The van der Waals surface area contributed by atoms with E-state index >= 15 is 0 Å². The number of benzene rings is 4. The predicted molar refractivity (Wildman–Crippen MR) is 184 cm³/mol. The molecule has 0 spiro atoms. The highest BCUT2D eigenvalue weighted by atomic mass is 32.2. The number of rotatable bonds is 13. The monoisotopic (exact) mass is 798 g/mol. The minimum absolute atomic E-state index is 0.00928. The molecule has 0 saturated heterocycles. The van der Waals surface area contributed by atoms with Crippen molar-refractivity contribution in [1.82, 2.24) is 9.97 Å². The third-order valence-electron chi connectivity index (χ3n) is 8.13. The number of ether oxygens (including phenoxy) is 2. The number of alkyl halides is 9. The number of nitrogens with zero attached hydrogens (tertiary/aromatic N) is 3. The van der Waals surface area contributed by atoms with E-state index in [2.05, 4.69) is 9.97 Å². The van der Waals surface area contributed by atoms with E-state index in [1.807, 2.05) is 0 Å². The zero-order valence-electron chi connectivity index (χ0n) is 28.6. The SMILES string of the molecule is Cc1cc(S(=O)(=O)CCOc2cnc(N(Cc3cc(C(F)(F)F)cc(C(F)(F)F)c3)Cc3cc(C(F)(F)F)ccc3OCc3ccccc3)nc2)ccc1N.